The fourth-order valence-electron chi connectivity index (χ4n) is 4.27. The lowest BCUT2D eigenvalue weighted by Gasteiger charge is -2.37. The van der Waals surface area contributed by atoms with Crippen LogP contribution in [0.4, 0.5) is 13.2 Å². The summed E-state index contributed by atoms with van der Waals surface area (Å²) in [6.45, 7) is 1.62. The average molecular weight is 439 g/mol. The number of nitrogens with one attached hydrogen (secondary N) is 1. The van der Waals surface area contributed by atoms with Crippen LogP contribution in [0, 0.1) is 23.4 Å². The topological polar surface area (TPSA) is 45.2 Å². The van der Waals surface area contributed by atoms with Gasteiger partial charge >= 0.3 is 0 Å². The predicted octanol–water partition coefficient (Wildman–Crippen LogP) is 4.88. The van der Waals surface area contributed by atoms with Gasteiger partial charge < -0.3 is 5.32 Å². The molecule has 166 valence electrons. The minimum Gasteiger partial charge on any atom is -0.343 e. The minimum atomic E-state index is -0.857. The molecule has 1 fully saturated rings. The van der Waals surface area contributed by atoms with Crippen molar-refractivity contribution in [3.63, 3.8) is 0 Å². The monoisotopic (exact) mass is 439 g/mol. The summed E-state index contributed by atoms with van der Waals surface area (Å²) in [6, 6.07) is 14.9. The van der Waals surface area contributed by atoms with Gasteiger partial charge in [0.1, 0.15) is 5.82 Å². The second-order valence-electron chi connectivity index (χ2n) is 8.07. The smallest absolute Gasteiger partial charge is 0.251 e. The minimum absolute atomic E-state index is 0.00720. The van der Waals surface area contributed by atoms with Crippen molar-refractivity contribution in [2.24, 2.45) is 5.92 Å². The van der Waals surface area contributed by atoms with Crippen molar-refractivity contribution in [1.82, 2.24) is 15.2 Å². The van der Waals surface area contributed by atoms with E-state index in [9.17, 15) is 18.0 Å². The Balaban J connectivity index is 1.54. The molecule has 0 radical (unpaired) electrons. The molecule has 1 aliphatic heterocycles. The summed E-state index contributed by atoms with van der Waals surface area (Å²) in [6.07, 6.45) is 3.35. The van der Waals surface area contributed by atoms with Crippen molar-refractivity contribution >= 4 is 5.91 Å². The number of likely N-dealkylation sites (tertiary alicyclic amines) is 1. The molecule has 7 heteroatoms. The van der Waals surface area contributed by atoms with Gasteiger partial charge in [-0.3, -0.25) is 14.7 Å². The van der Waals surface area contributed by atoms with Gasteiger partial charge in [-0.15, -0.1) is 0 Å². The fraction of sp³-hybridized carbons (Fsp3) is 0.280. The van der Waals surface area contributed by atoms with Gasteiger partial charge in [-0.05, 0) is 61.7 Å². The van der Waals surface area contributed by atoms with Crippen molar-refractivity contribution in [3.05, 3.63) is 101 Å². The first-order valence-corrected chi connectivity index (χ1v) is 10.6. The molecule has 1 saturated heterocycles. The molecule has 4 nitrogen and oxygen atoms in total. The number of nitrogens with zero attached hydrogens (tertiary/aromatic N) is 2. The lowest BCUT2D eigenvalue weighted by atomic mass is 9.88. The third-order valence-electron chi connectivity index (χ3n) is 5.82. The Morgan fingerprint density at radius 1 is 1.09 bits per heavy atom. The molecule has 0 spiro atoms. The first-order chi connectivity index (χ1) is 15.5. The molecule has 4 rings (SSSR count). The molecule has 1 amide bonds. The van der Waals surface area contributed by atoms with Crippen LogP contribution in [0.2, 0.25) is 0 Å². The van der Waals surface area contributed by atoms with E-state index in [0.29, 0.717) is 17.8 Å². The van der Waals surface area contributed by atoms with E-state index >= 15 is 0 Å². The summed E-state index contributed by atoms with van der Waals surface area (Å²) in [7, 11) is 0. The summed E-state index contributed by atoms with van der Waals surface area (Å²) in [4.78, 5) is 19.4. The van der Waals surface area contributed by atoms with E-state index in [1.165, 1.54) is 24.3 Å². The van der Waals surface area contributed by atoms with Crippen LogP contribution in [0.25, 0.3) is 0 Å². The molecule has 0 bridgehead atoms. The van der Waals surface area contributed by atoms with Crippen LogP contribution < -0.4 is 5.32 Å². The van der Waals surface area contributed by atoms with Gasteiger partial charge in [-0.1, -0.05) is 24.3 Å². The summed E-state index contributed by atoms with van der Waals surface area (Å²) in [5.41, 5.74) is 1.25. The summed E-state index contributed by atoms with van der Waals surface area (Å²) in [5.74, 6) is -2.53. The number of rotatable bonds is 6. The van der Waals surface area contributed by atoms with Gasteiger partial charge in [0.2, 0.25) is 0 Å². The van der Waals surface area contributed by atoms with E-state index in [2.05, 4.69) is 15.2 Å². The number of aromatic nitrogens is 1. The molecule has 0 saturated carbocycles. The Labute approximate surface area is 185 Å². The van der Waals surface area contributed by atoms with Gasteiger partial charge in [0.05, 0.1) is 11.7 Å². The number of piperidine rings is 1. The Morgan fingerprint density at radius 2 is 1.94 bits per heavy atom. The highest BCUT2D eigenvalue weighted by atomic mass is 19.2. The maximum atomic E-state index is 14.2. The van der Waals surface area contributed by atoms with Crippen LogP contribution in [0.3, 0.4) is 0 Å². The van der Waals surface area contributed by atoms with Crippen molar-refractivity contribution in [1.29, 1.82) is 0 Å². The third kappa shape index (κ3) is 5.16. The maximum absolute atomic E-state index is 14.2. The van der Waals surface area contributed by atoms with E-state index in [-0.39, 0.29) is 23.9 Å². The highest BCUT2D eigenvalue weighted by Crippen LogP contribution is 2.30. The SMILES string of the molecule is O=C(N[C@H](c1ccccn1)[C@@H]1CCCN(Cc2cccc(F)c2F)C1)c1cccc(F)c1. The number of hydrogen-bond acceptors (Lipinski definition) is 3. The van der Waals surface area contributed by atoms with Crippen LogP contribution in [0.1, 0.15) is 40.5 Å². The van der Waals surface area contributed by atoms with Crippen LogP contribution in [0.5, 0.6) is 0 Å². The number of hydrogen-bond donors (Lipinski definition) is 1. The van der Waals surface area contributed by atoms with Gasteiger partial charge in [-0.25, -0.2) is 13.2 Å². The quantitative estimate of drug-likeness (QED) is 0.595. The predicted molar refractivity (Wildman–Crippen MR) is 115 cm³/mol. The van der Waals surface area contributed by atoms with Crippen LogP contribution in [-0.4, -0.2) is 28.9 Å². The molecule has 0 aliphatic carbocycles. The second kappa shape index (κ2) is 9.96. The molecule has 32 heavy (non-hydrogen) atoms. The Kier molecular flexibility index (Phi) is 6.85. The van der Waals surface area contributed by atoms with Crippen molar-refractivity contribution in [2.45, 2.75) is 25.4 Å². The number of carbonyl (C=O) groups is 1. The standard InChI is InChI=1S/C25H24F3N3O/c26-20-9-3-6-17(14-20)25(32)30-24(22-11-1-2-12-29-22)19-8-5-13-31(16-19)15-18-7-4-10-21(27)23(18)28/h1-4,6-7,9-12,14,19,24H,5,8,13,15-16H2,(H,30,32)/t19-,24+/m1/s1. The Hall–Kier alpha value is -3.19. The van der Waals surface area contributed by atoms with Gasteiger partial charge in [-0.2, -0.15) is 0 Å². The molecule has 1 aliphatic rings. The van der Waals surface area contributed by atoms with Gasteiger partial charge in [0.15, 0.2) is 11.6 Å². The summed E-state index contributed by atoms with van der Waals surface area (Å²) < 4.78 is 41.4. The molecule has 0 unspecified atom stereocenters. The van der Waals surface area contributed by atoms with Crippen molar-refractivity contribution < 1.29 is 18.0 Å². The zero-order chi connectivity index (χ0) is 22.5. The highest BCUT2D eigenvalue weighted by molar-refractivity contribution is 5.94. The van der Waals surface area contributed by atoms with E-state index in [0.717, 1.165) is 25.5 Å². The molecular weight excluding hydrogens is 415 g/mol. The number of pyridine rings is 1. The van der Waals surface area contributed by atoms with E-state index in [1.807, 2.05) is 12.1 Å². The number of halogens is 3. The van der Waals surface area contributed by atoms with Crippen LogP contribution in [-0.2, 0) is 6.54 Å². The van der Waals surface area contributed by atoms with E-state index < -0.39 is 23.5 Å². The molecule has 2 aromatic carbocycles. The zero-order valence-corrected chi connectivity index (χ0v) is 17.5. The third-order valence-corrected chi connectivity index (χ3v) is 5.82. The van der Waals surface area contributed by atoms with Crippen molar-refractivity contribution in [2.75, 3.05) is 13.1 Å². The molecule has 3 aromatic rings. The number of benzene rings is 2. The van der Waals surface area contributed by atoms with Crippen LogP contribution in [0.15, 0.2) is 66.9 Å². The summed E-state index contributed by atoms with van der Waals surface area (Å²) >= 11 is 0. The lowest BCUT2D eigenvalue weighted by molar-refractivity contribution is 0.0873. The molecule has 1 aromatic heterocycles. The van der Waals surface area contributed by atoms with E-state index in [1.54, 1.807) is 24.4 Å². The highest BCUT2D eigenvalue weighted by Gasteiger charge is 2.31. The van der Waals surface area contributed by atoms with E-state index in [4.69, 9.17) is 0 Å². The van der Waals surface area contributed by atoms with Crippen LogP contribution >= 0.6 is 0 Å². The first kappa shape index (κ1) is 22.0. The zero-order valence-electron chi connectivity index (χ0n) is 17.5. The average Bonchev–Trinajstić information content (AvgIpc) is 2.81. The Morgan fingerprint density at radius 3 is 2.72 bits per heavy atom. The van der Waals surface area contributed by atoms with Crippen molar-refractivity contribution in [3.8, 4) is 0 Å². The lowest BCUT2D eigenvalue weighted by Crippen LogP contribution is -2.43. The first-order valence-electron chi connectivity index (χ1n) is 10.6. The Bertz CT molecular complexity index is 1080. The largest absolute Gasteiger partial charge is 0.343 e. The van der Waals surface area contributed by atoms with Gasteiger partial charge in [0.25, 0.3) is 5.91 Å². The summed E-state index contributed by atoms with van der Waals surface area (Å²) in [5, 5.41) is 3.02. The fourth-order valence-corrected chi connectivity index (χ4v) is 4.27. The molecule has 2 atom stereocenters. The molecular formula is C25H24F3N3O. The number of amides is 1. The van der Waals surface area contributed by atoms with Gasteiger partial charge in [0, 0.05) is 30.4 Å². The number of carbonyl (C=O) groups excluding carboxylic acids is 1. The second-order valence-corrected chi connectivity index (χ2v) is 8.07. The maximum Gasteiger partial charge on any atom is 0.251 e. The normalized spacial score (nSPS) is 17.7. The molecule has 2 heterocycles. The molecule has 1 N–H and O–H groups in total.